The van der Waals surface area contributed by atoms with Crippen molar-refractivity contribution in [3.05, 3.63) is 42.5 Å². The third kappa shape index (κ3) is 5.58. The van der Waals surface area contributed by atoms with E-state index in [1.165, 1.54) is 6.42 Å². The highest BCUT2D eigenvalue weighted by Gasteiger charge is 2.08. The topological polar surface area (TPSA) is 29.1 Å². The summed E-state index contributed by atoms with van der Waals surface area (Å²) in [6.07, 6.45) is 2.86. The molecule has 2 rings (SSSR count). The summed E-state index contributed by atoms with van der Waals surface area (Å²) in [4.78, 5) is 11.9. The number of carbonyl (C=O) groups excluding carboxylic acids is 1. The van der Waals surface area contributed by atoms with Crippen molar-refractivity contribution in [2.75, 3.05) is 5.32 Å². The Kier molecular flexibility index (Phi) is 7.52. The van der Waals surface area contributed by atoms with Crippen LogP contribution in [0.5, 0.6) is 0 Å². The smallest absolute Gasteiger partial charge is 0.224 e. The molecule has 21 heavy (non-hydrogen) atoms. The summed E-state index contributed by atoms with van der Waals surface area (Å²) in [5, 5.41) is 5.26. The number of benzene rings is 2. The van der Waals surface area contributed by atoms with Gasteiger partial charge in [0.2, 0.25) is 5.91 Å². The highest BCUT2D eigenvalue weighted by Crippen LogP contribution is 2.23. The standard InChI is InChI=1S/C16H19NO.C3H8.H2/c1-3-12(2)11-16(18)17-15-10-6-8-13-7-4-5-9-14(13)15;1-3-2;/h4-10,12H,3,11H2,1-2H3,(H,17,18);3H2,1-2H3;1H. The van der Waals surface area contributed by atoms with Crippen LogP contribution in [-0.2, 0) is 4.79 Å². The molecular weight excluding hydrogens is 258 g/mol. The molecule has 0 aliphatic rings. The fourth-order valence-electron chi connectivity index (χ4n) is 2.00. The maximum atomic E-state index is 11.9. The number of carbonyl (C=O) groups is 1. The van der Waals surface area contributed by atoms with Crippen LogP contribution in [0.3, 0.4) is 0 Å². The zero-order chi connectivity index (χ0) is 15.7. The molecule has 0 fully saturated rings. The molecule has 0 aliphatic carbocycles. The first-order valence-electron chi connectivity index (χ1n) is 7.89. The molecule has 2 aromatic carbocycles. The molecule has 0 bridgehead atoms. The van der Waals surface area contributed by atoms with E-state index >= 15 is 0 Å². The average Bonchev–Trinajstić information content (AvgIpc) is 2.48. The Hall–Kier alpha value is -1.83. The third-order valence-corrected chi connectivity index (χ3v) is 3.29. The first kappa shape index (κ1) is 17.2. The number of fused-ring (bicyclic) bond motifs is 1. The summed E-state index contributed by atoms with van der Waals surface area (Å²) >= 11 is 0. The third-order valence-electron chi connectivity index (χ3n) is 3.29. The molecule has 0 aliphatic heterocycles. The van der Waals surface area contributed by atoms with E-state index in [4.69, 9.17) is 0 Å². The number of hydrogen-bond acceptors (Lipinski definition) is 1. The van der Waals surface area contributed by atoms with E-state index in [2.05, 4.69) is 45.1 Å². The fourth-order valence-corrected chi connectivity index (χ4v) is 2.00. The number of hydrogen-bond donors (Lipinski definition) is 1. The molecular formula is C19H29NO. The van der Waals surface area contributed by atoms with E-state index in [1.807, 2.05) is 30.3 Å². The van der Waals surface area contributed by atoms with Crippen molar-refractivity contribution in [1.82, 2.24) is 0 Å². The molecule has 1 unspecified atom stereocenters. The second-order valence-corrected chi connectivity index (χ2v) is 5.50. The minimum absolute atomic E-state index is 0. The molecule has 1 N–H and O–H groups in total. The van der Waals surface area contributed by atoms with Crippen molar-refractivity contribution in [3.8, 4) is 0 Å². The number of anilines is 1. The van der Waals surface area contributed by atoms with E-state index in [1.54, 1.807) is 0 Å². The maximum Gasteiger partial charge on any atom is 0.224 e. The van der Waals surface area contributed by atoms with Crippen molar-refractivity contribution in [2.24, 2.45) is 5.92 Å². The summed E-state index contributed by atoms with van der Waals surface area (Å²) in [6.45, 7) is 8.46. The second-order valence-electron chi connectivity index (χ2n) is 5.50. The van der Waals surface area contributed by atoms with Gasteiger partial charge in [-0.05, 0) is 17.4 Å². The van der Waals surface area contributed by atoms with Crippen LogP contribution in [0, 0.1) is 5.92 Å². The molecule has 1 amide bonds. The lowest BCUT2D eigenvalue weighted by molar-refractivity contribution is -0.117. The number of nitrogens with one attached hydrogen (secondary N) is 1. The quantitative estimate of drug-likeness (QED) is 0.747. The summed E-state index contributed by atoms with van der Waals surface area (Å²) in [7, 11) is 0. The largest absolute Gasteiger partial charge is 0.326 e. The minimum Gasteiger partial charge on any atom is -0.326 e. The zero-order valence-electron chi connectivity index (χ0n) is 13.6. The van der Waals surface area contributed by atoms with Gasteiger partial charge in [-0.25, -0.2) is 0 Å². The Morgan fingerprint density at radius 1 is 1.10 bits per heavy atom. The van der Waals surface area contributed by atoms with Crippen LogP contribution in [0.2, 0.25) is 0 Å². The van der Waals surface area contributed by atoms with Gasteiger partial charge >= 0.3 is 0 Å². The van der Waals surface area contributed by atoms with Crippen LogP contribution in [0.25, 0.3) is 10.8 Å². The van der Waals surface area contributed by atoms with Crippen LogP contribution in [0.1, 0.15) is 48.4 Å². The molecule has 2 heteroatoms. The van der Waals surface area contributed by atoms with E-state index in [0.717, 1.165) is 22.9 Å². The molecule has 2 aromatic rings. The fraction of sp³-hybridized carbons (Fsp3) is 0.421. The Bertz CT molecular complexity index is 563. The van der Waals surface area contributed by atoms with Crippen molar-refractivity contribution in [3.63, 3.8) is 0 Å². The van der Waals surface area contributed by atoms with Gasteiger partial charge in [0.1, 0.15) is 0 Å². The van der Waals surface area contributed by atoms with E-state index in [9.17, 15) is 4.79 Å². The van der Waals surface area contributed by atoms with Crippen molar-refractivity contribution in [1.29, 1.82) is 0 Å². The molecule has 0 saturated carbocycles. The van der Waals surface area contributed by atoms with Gasteiger partial charge in [-0.3, -0.25) is 4.79 Å². The van der Waals surface area contributed by atoms with E-state index in [0.29, 0.717) is 12.3 Å². The van der Waals surface area contributed by atoms with Crippen LogP contribution >= 0.6 is 0 Å². The lowest BCUT2D eigenvalue weighted by Gasteiger charge is -2.11. The summed E-state index contributed by atoms with van der Waals surface area (Å²) in [5.41, 5.74) is 0.904. The van der Waals surface area contributed by atoms with Crippen molar-refractivity contribution in [2.45, 2.75) is 47.0 Å². The predicted octanol–water partition coefficient (Wildman–Crippen LogP) is 5.88. The summed E-state index contributed by atoms with van der Waals surface area (Å²) in [5.74, 6) is 0.528. The van der Waals surface area contributed by atoms with Gasteiger partial charge in [-0.2, -0.15) is 0 Å². The van der Waals surface area contributed by atoms with Gasteiger partial charge in [0.25, 0.3) is 0 Å². The maximum absolute atomic E-state index is 11.9. The lowest BCUT2D eigenvalue weighted by Crippen LogP contribution is -2.14. The molecule has 116 valence electrons. The summed E-state index contributed by atoms with van der Waals surface area (Å²) < 4.78 is 0. The molecule has 1 atom stereocenters. The highest BCUT2D eigenvalue weighted by molar-refractivity contribution is 6.02. The normalized spacial score (nSPS) is 11.4. The summed E-state index contributed by atoms with van der Waals surface area (Å²) in [6, 6.07) is 14.1. The zero-order valence-corrected chi connectivity index (χ0v) is 13.6. The molecule has 0 aromatic heterocycles. The Labute approximate surface area is 130 Å². The average molecular weight is 287 g/mol. The van der Waals surface area contributed by atoms with E-state index in [-0.39, 0.29) is 7.33 Å². The number of amides is 1. The SMILES string of the molecule is CCC.CCC(C)CC(=O)Nc1cccc2ccccc12.[HH]. The minimum atomic E-state index is 0. The molecule has 0 radical (unpaired) electrons. The molecule has 0 saturated heterocycles. The molecule has 2 nitrogen and oxygen atoms in total. The number of rotatable bonds is 4. The highest BCUT2D eigenvalue weighted by atomic mass is 16.1. The van der Waals surface area contributed by atoms with Gasteiger partial charge in [0.15, 0.2) is 0 Å². The van der Waals surface area contributed by atoms with Crippen LogP contribution in [0.4, 0.5) is 5.69 Å². The first-order chi connectivity index (χ1) is 10.1. The van der Waals surface area contributed by atoms with Crippen molar-refractivity contribution >= 4 is 22.4 Å². The van der Waals surface area contributed by atoms with Gasteiger partial charge in [-0.15, -0.1) is 0 Å². The van der Waals surface area contributed by atoms with Gasteiger partial charge in [0.05, 0.1) is 0 Å². The van der Waals surface area contributed by atoms with Crippen LogP contribution < -0.4 is 5.32 Å². The van der Waals surface area contributed by atoms with Gasteiger partial charge in [0, 0.05) is 18.9 Å². The van der Waals surface area contributed by atoms with Crippen molar-refractivity contribution < 1.29 is 6.22 Å². The molecule has 0 spiro atoms. The monoisotopic (exact) mass is 287 g/mol. The Balaban J connectivity index is 0.00000102. The Morgan fingerprint density at radius 3 is 2.38 bits per heavy atom. The van der Waals surface area contributed by atoms with Gasteiger partial charge < -0.3 is 5.32 Å². The van der Waals surface area contributed by atoms with E-state index < -0.39 is 0 Å². The predicted molar refractivity (Wildman–Crippen MR) is 94.7 cm³/mol. The van der Waals surface area contributed by atoms with Crippen LogP contribution in [0.15, 0.2) is 42.5 Å². The first-order valence-corrected chi connectivity index (χ1v) is 7.89. The van der Waals surface area contributed by atoms with Gasteiger partial charge in [-0.1, -0.05) is 76.9 Å². The second kappa shape index (κ2) is 9.17. The van der Waals surface area contributed by atoms with Crippen LogP contribution in [-0.4, -0.2) is 5.91 Å². The lowest BCUT2D eigenvalue weighted by atomic mass is 10.0. The molecule has 0 heterocycles. The Morgan fingerprint density at radius 2 is 1.71 bits per heavy atom.